The van der Waals surface area contributed by atoms with Gasteiger partial charge in [-0.2, -0.15) is 0 Å². The van der Waals surface area contributed by atoms with Gasteiger partial charge in [-0.05, 0) is 37.9 Å². The second-order valence-electron chi connectivity index (χ2n) is 4.52. The first-order valence-corrected chi connectivity index (χ1v) is 6.94. The molecule has 1 heterocycles. The molecule has 1 aliphatic rings. The number of hydrogen-bond acceptors (Lipinski definition) is 3. The third-order valence-corrected chi connectivity index (χ3v) is 4.50. The quantitative estimate of drug-likeness (QED) is 0.869. The average Bonchev–Trinajstić information content (AvgIpc) is 2.75. The molecule has 0 spiro atoms. The van der Waals surface area contributed by atoms with E-state index in [2.05, 4.69) is 23.3 Å². The van der Waals surface area contributed by atoms with Crippen LogP contribution in [0.2, 0.25) is 0 Å². The van der Waals surface area contributed by atoms with Crippen LogP contribution in [0, 0.1) is 6.92 Å². The second-order valence-corrected chi connectivity index (χ2v) is 5.81. The summed E-state index contributed by atoms with van der Waals surface area (Å²) < 4.78 is 0. The maximum Gasteiger partial charge on any atom is 0.0991 e. The zero-order chi connectivity index (χ0) is 11.4. The highest BCUT2D eigenvalue weighted by Gasteiger charge is 2.17. The summed E-state index contributed by atoms with van der Waals surface area (Å²) in [6.45, 7) is 3.08. The predicted octanol–water partition coefficient (Wildman–Crippen LogP) is 3.14. The number of thioether (sulfide) groups is 1. The summed E-state index contributed by atoms with van der Waals surface area (Å²) in [7, 11) is 1.97. The molecule has 0 bridgehead atoms. The van der Waals surface area contributed by atoms with Crippen LogP contribution >= 0.6 is 11.8 Å². The Labute approximate surface area is 102 Å². The largest absolute Gasteiger partial charge is 0.316 e. The lowest BCUT2D eigenvalue weighted by Gasteiger charge is -2.11. The molecule has 1 aromatic rings. The fourth-order valence-corrected chi connectivity index (χ4v) is 3.45. The molecular formula is C13H20N2S. The third-order valence-electron chi connectivity index (χ3n) is 3.05. The Morgan fingerprint density at radius 1 is 1.44 bits per heavy atom. The van der Waals surface area contributed by atoms with Gasteiger partial charge in [0.15, 0.2) is 0 Å². The van der Waals surface area contributed by atoms with Crippen LogP contribution in [0.5, 0.6) is 0 Å². The Morgan fingerprint density at radius 3 is 2.81 bits per heavy atom. The van der Waals surface area contributed by atoms with Crippen molar-refractivity contribution in [3.05, 3.63) is 23.4 Å². The molecule has 1 saturated carbocycles. The van der Waals surface area contributed by atoms with Crippen LogP contribution in [0.15, 0.2) is 17.3 Å². The first-order chi connectivity index (χ1) is 7.79. The van der Waals surface area contributed by atoms with Crippen molar-refractivity contribution in [3.8, 4) is 0 Å². The highest BCUT2D eigenvalue weighted by Crippen LogP contribution is 2.35. The van der Waals surface area contributed by atoms with Gasteiger partial charge in [0.05, 0.1) is 5.03 Å². The van der Waals surface area contributed by atoms with Gasteiger partial charge in [0.25, 0.3) is 0 Å². The lowest BCUT2D eigenvalue weighted by molar-refractivity contribution is 0.806. The third kappa shape index (κ3) is 2.98. The molecule has 2 nitrogen and oxygen atoms in total. The van der Waals surface area contributed by atoms with Gasteiger partial charge in [-0.25, -0.2) is 4.98 Å². The molecule has 88 valence electrons. The normalized spacial score (nSPS) is 16.9. The molecular weight excluding hydrogens is 216 g/mol. The molecule has 0 amide bonds. The minimum Gasteiger partial charge on any atom is -0.316 e. The van der Waals surface area contributed by atoms with Crippen LogP contribution in [0.3, 0.4) is 0 Å². The summed E-state index contributed by atoms with van der Waals surface area (Å²) in [4.78, 5) is 4.58. The number of aromatic nitrogens is 1. The molecule has 0 aromatic carbocycles. The van der Waals surface area contributed by atoms with Gasteiger partial charge in [0, 0.05) is 18.0 Å². The van der Waals surface area contributed by atoms with Crippen molar-refractivity contribution < 1.29 is 0 Å². The van der Waals surface area contributed by atoms with Crippen LogP contribution in [0.1, 0.15) is 36.8 Å². The highest BCUT2D eigenvalue weighted by atomic mass is 32.2. The van der Waals surface area contributed by atoms with Crippen molar-refractivity contribution in [2.24, 2.45) is 0 Å². The molecule has 2 rings (SSSR count). The van der Waals surface area contributed by atoms with E-state index in [0.717, 1.165) is 11.8 Å². The summed E-state index contributed by atoms with van der Waals surface area (Å²) in [5, 5.41) is 5.19. The van der Waals surface area contributed by atoms with Crippen molar-refractivity contribution in [2.75, 3.05) is 7.05 Å². The van der Waals surface area contributed by atoms with E-state index in [0.29, 0.717) is 0 Å². The molecule has 0 radical (unpaired) electrons. The Balaban J connectivity index is 2.03. The van der Waals surface area contributed by atoms with E-state index in [1.54, 1.807) is 0 Å². The zero-order valence-electron chi connectivity index (χ0n) is 10.1. The van der Waals surface area contributed by atoms with Gasteiger partial charge >= 0.3 is 0 Å². The van der Waals surface area contributed by atoms with Crippen molar-refractivity contribution in [1.29, 1.82) is 0 Å². The van der Waals surface area contributed by atoms with E-state index in [1.807, 2.05) is 25.0 Å². The van der Waals surface area contributed by atoms with E-state index in [-0.39, 0.29) is 0 Å². The maximum atomic E-state index is 4.58. The Morgan fingerprint density at radius 2 is 2.19 bits per heavy atom. The van der Waals surface area contributed by atoms with E-state index >= 15 is 0 Å². The molecule has 1 N–H and O–H groups in total. The van der Waals surface area contributed by atoms with Crippen LogP contribution in [0.25, 0.3) is 0 Å². The summed E-state index contributed by atoms with van der Waals surface area (Å²) in [5.41, 5.74) is 2.60. The van der Waals surface area contributed by atoms with E-state index in [9.17, 15) is 0 Å². The number of pyridine rings is 1. The van der Waals surface area contributed by atoms with Crippen LogP contribution in [-0.2, 0) is 6.54 Å². The first kappa shape index (κ1) is 11.9. The Hall–Kier alpha value is -0.540. The minimum absolute atomic E-state index is 0.807. The van der Waals surface area contributed by atoms with Gasteiger partial charge in [-0.15, -0.1) is 11.8 Å². The van der Waals surface area contributed by atoms with Gasteiger partial charge in [-0.1, -0.05) is 18.9 Å². The Bertz CT molecular complexity index is 346. The standard InChI is InChI=1S/C13H20N2S/c1-10-7-11(8-14-2)9-15-13(10)16-12-5-3-4-6-12/h7,9,12,14H,3-6,8H2,1-2H3. The lowest BCUT2D eigenvalue weighted by Crippen LogP contribution is -2.06. The second kappa shape index (κ2) is 5.69. The SMILES string of the molecule is CNCc1cnc(SC2CCCC2)c(C)c1. The van der Waals surface area contributed by atoms with Gasteiger partial charge in [0.2, 0.25) is 0 Å². The molecule has 1 aromatic heterocycles. The smallest absolute Gasteiger partial charge is 0.0991 e. The molecule has 0 unspecified atom stereocenters. The number of aryl methyl sites for hydroxylation is 1. The fourth-order valence-electron chi connectivity index (χ4n) is 2.21. The molecule has 0 atom stereocenters. The minimum atomic E-state index is 0.807. The first-order valence-electron chi connectivity index (χ1n) is 6.06. The fraction of sp³-hybridized carbons (Fsp3) is 0.615. The maximum absolute atomic E-state index is 4.58. The van der Waals surface area contributed by atoms with Crippen LogP contribution < -0.4 is 5.32 Å². The number of hydrogen-bond donors (Lipinski definition) is 1. The van der Waals surface area contributed by atoms with E-state index in [4.69, 9.17) is 0 Å². The van der Waals surface area contributed by atoms with Crippen molar-refractivity contribution in [1.82, 2.24) is 10.3 Å². The van der Waals surface area contributed by atoms with Crippen LogP contribution in [0.4, 0.5) is 0 Å². The number of nitrogens with zero attached hydrogens (tertiary/aromatic N) is 1. The van der Waals surface area contributed by atoms with Crippen molar-refractivity contribution in [2.45, 2.75) is 49.4 Å². The van der Waals surface area contributed by atoms with E-state index < -0.39 is 0 Å². The topological polar surface area (TPSA) is 24.9 Å². The van der Waals surface area contributed by atoms with Crippen molar-refractivity contribution in [3.63, 3.8) is 0 Å². The molecule has 3 heteroatoms. The molecule has 1 aliphatic carbocycles. The van der Waals surface area contributed by atoms with E-state index in [1.165, 1.54) is 41.8 Å². The average molecular weight is 236 g/mol. The molecule has 0 aliphatic heterocycles. The van der Waals surface area contributed by atoms with Crippen LogP contribution in [-0.4, -0.2) is 17.3 Å². The number of rotatable bonds is 4. The lowest BCUT2D eigenvalue weighted by atomic mass is 10.2. The summed E-state index contributed by atoms with van der Waals surface area (Å²) in [6.07, 6.45) is 7.53. The Kier molecular flexibility index (Phi) is 4.24. The summed E-state index contributed by atoms with van der Waals surface area (Å²) in [6, 6.07) is 2.25. The molecule has 0 saturated heterocycles. The highest BCUT2D eigenvalue weighted by molar-refractivity contribution is 7.99. The van der Waals surface area contributed by atoms with Crippen molar-refractivity contribution >= 4 is 11.8 Å². The zero-order valence-corrected chi connectivity index (χ0v) is 10.9. The molecule has 1 fully saturated rings. The van der Waals surface area contributed by atoms with Gasteiger partial charge in [-0.3, -0.25) is 0 Å². The molecule has 16 heavy (non-hydrogen) atoms. The summed E-state index contributed by atoms with van der Waals surface area (Å²) >= 11 is 1.97. The monoisotopic (exact) mass is 236 g/mol. The van der Waals surface area contributed by atoms with Gasteiger partial charge < -0.3 is 5.32 Å². The van der Waals surface area contributed by atoms with Gasteiger partial charge in [0.1, 0.15) is 0 Å². The summed E-state index contributed by atoms with van der Waals surface area (Å²) in [5.74, 6) is 0. The predicted molar refractivity (Wildman–Crippen MR) is 69.9 cm³/mol. The number of nitrogens with one attached hydrogen (secondary N) is 1.